The number of methoxy groups -OCH3 is 6. The van der Waals surface area contributed by atoms with Crippen LogP contribution in [-0.4, -0.2) is 130 Å². The van der Waals surface area contributed by atoms with Crippen LogP contribution in [0.5, 0.6) is 34.5 Å². The summed E-state index contributed by atoms with van der Waals surface area (Å²) in [5.41, 5.74) is 24.3. The number of ether oxygens (including phenoxy) is 6. The Labute approximate surface area is 521 Å². The molecule has 10 rings (SSSR count). The van der Waals surface area contributed by atoms with Crippen LogP contribution >= 0.6 is 57.4 Å². The second kappa shape index (κ2) is 27.3. The molecule has 1 saturated heterocycles. The highest BCUT2D eigenvalue weighted by molar-refractivity contribution is 14.1. The van der Waals surface area contributed by atoms with Crippen molar-refractivity contribution in [3.8, 4) is 57.0 Å². The number of carbonyl (C=O) groups excluding carboxylic acids is 3. The number of nitrogens with zero attached hydrogens (tertiary/aromatic N) is 9. The van der Waals surface area contributed by atoms with E-state index in [0.717, 1.165) is 31.8 Å². The molecular weight excluding hydrogens is 1270 g/mol. The molecule has 452 valence electrons. The lowest BCUT2D eigenvalue weighted by molar-refractivity contribution is -0.130. The third-order valence-electron chi connectivity index (χ3n) is 14.4. The van der Waals surface area contributed by atoms with Crippen molar-refractivity contribution in [1.29, 1.82) is 0 Å². The van der Waals surface area contributed by atoms with E-state index in [2.05, 4.69) is 64.4 Å². The number of nitrogens with one attached hydrogen (secondary N) is 1. The molecule has 0 bridgehead atoms. The number of carbonyl (C=O) groups is 3. The fourth-order valence-electron chi connectivity index (χ4n) is 9.23. The Morgan fingerprint density at radius 1 is 0.588 bits per heavy atom. The predicted molar refractivity (Wildman–Crippen MR) is 332 cm³/mol. The van der Waals surface area contributed by atoms with Gasteiger partial charge < -0.3 is 74.9 Å². The molecule has 0 unspecified atom stereocenters. The minimum absolute atomic E-state index is 0.0367. The molecule has 0 atom stereocenters. The van der Waals surface area contributed by atoms with Gasteiger partial charge in [0.05, 0.1) is 143 Å². The van der Waals surface area contributed by atoms with Gasteiger partial charge >= 0.3 is 13.1 Å². The van der Waals surface area contributed by atoms with Gasteiger partial charge in [0.1, 0.15) is 38.2 Å². The first kappa shape index (κ1) is 65.2. The summed E-state index contributed by atoms with van der Waals surface area (Å²) < 4.78 is 44.9. The van der Waals surface area contributed by atoms with Crippen molar-refractivity contribution in [2.24, 2.45) is 0 Å². The molecule has 24 nitrogen and oxygen atoms in total. The number of amides is 4. The Morgan fingerprint density at radius 2 is 0.965 bits per heavy atom. The highest BCUT2D eigenvalue weighted by Gasteiger charge is 2.53. The summed E-state index contributed by atoms with van der Waals surface area (Å²) in [4.78, 5) is 65.6. The molecule has 3 aromatic heterocycles. The maximum Gasteiger partial charge on any atom is 0.500 e. The van der Waals surface area contributed by atoms with Gasteiger partial charge in [0.25, 0.3) is 0 Å². The van der Waals surface area contributed by atoms with Gasteiger partial charge in [-0.15, -0.1) is 6.58 Å². The number of urea groups is 1. The summed E-state index contributed by atoms with van der Waals surface area (Å²) in [6, 6.07) is 10.1. The largest absolute Gasteiger partial charge is 0.500 e. The summed E-state index contributed by atoms with van der Waals surface area (Å²) in [6.45, 7) is 17.7. The molecule has 0 aliphatic carbocycles. The Morgan fingerprint density at radius 3 is 1.38 bits per heavy atom. The van der Waals surface area contributed by atoms with Crippen molar-refractivity contribution in [3.63, 3.8) is 0 Å². The first-order valence-electron chi connectivity index (χ1n) is 26.1. The lowest BCUT2D eigenvalue weighted by atomic mass is 9.78. The summed E-state index contributed by atoms with van der Waals surface area (Å²) in [5, 5.41) is 4.08. The number of fused-ring (bicyclic) bond motifs is 3. The van der Waals surface area contributed by atoms with Crippen LogP contribution in [0.15, 0.2) is 49.1 Å². The molecule has 0 spiro atoms. The molecule has 1 fully saturated rings. The Hall–Kier alpha value is -7.37. The zero-order chi connectivity index (χ0) is 62.4. The molecule has 85 heavy (non-hydrogen) atoms. The molecule has 7 N–H and O–H groups in total. The second-order valence-electron chi connectivity index (χ2n) is 20.3. The van der Waals surface area contributed by atoms with Crippen LogP contribution in [0.4, 0.5) is 22.6 Å². The molecule has 0 radical (unpaired) electrons. The third-order valence-corrected chi connectivity index (χ3v) is 16.2. The van der Waals surface area contributed by atoms with Crippen LogP contribution in [-0.2, 0) is 58.2 Å². The third kappa shape index (κ3) is 14.5. The molecule has 29 heteroatoms. The van der Waals surface area contributed by atoms with Crippen LogP contribution in [0.2, 0.25) is 15.1 Å². The summed E-state index contributed by atoms with van der Waals surface area (Å²) in [7, 11) is 8.78. The smallest absolute Gasteiger partial charge is 0.497 e. The van der Waals surface area contributed by atoms with E-state index in [4.69, 9.17) is 89.7 Å². The van der Waals surface area contributed by atoms with Gasteiger partial charge in [-0.1, -0.05) is 40.9 Å². The minimum atomic E-state index is -0.562. The highest BCUT2D eigenvalue weighted by Crippen LogP contribution is 2.45. The average Bonchev–Trinajstić information content (AvgIpc) is 2.19. The number of hydrogen-bond donors (Lipinski definition) is 4. The molecule has 3 aromatic carbocycles. The van der Waals surface area contributed by atoms with Crippen LogP contribution < -0.4 is 56.4 Å². The standard InChI is InChI=1S/C18H20ClN5O3.C16H17ClN4O3.C14H20BClO4.C8H9IN4O/c1-4-5-21-18(25)24-8-11-13(9-24)22-17(20)23-16(11)15-12(19)6-10(26-2)7-14(15)27-3;1-8(22)21-6-10-12(7-21)19-16(18)20-15(10)14-11(17)4-9(23-2)5-13(14)24-3;1-13(2)14(3,4)20-15(19-13)12-10(16)7-9(17-5)8-11(12)18-6;1-4(14)13-2-5-6(3-13)11-8(10)12-7(5)9/h4,6-7H,1,5,8-9H2,2-3H3,(H,21,25)(H2,20,22,23);4-5H,6-7H2,1-3H3,(H2,18,19,20);7-8H,1-6H3;2-3H2,1H3,(H2,10,11,12). The summed E-state index contributed by atoms with van der Waals surface area (Å²) in [6.07, 6.45) is 1.62. The number of aromatic nitrogens is 6. The maximum atomic E-state index is 12.3. The maximum absolute atomic E-state index is 12.3. The predicted octanol–water partition coefficient (Wildman–Crippen LogP) is 8.05. The van der Waals surface area contributed by atoms with Gasteiger partial charge in [-0.3, -0.25) is 9.59 Å². The average molecular weight is 1340 g/mol. The molecule has 6 aromatic rings. The number of nitrogens with two attached hydrogens (primary N) is 3. The topological polar surface area (TPSA) is 302 Å². The first-order chi connectivity index (χ1) is 40.2. The van der Waals surface area contributed by atoms with Crippen LogP contribution in [0.1, 0.15) is 75.3 Å². The molecule has 0 saturated carbocycles. The van der Waals surface area contributed by atoms with Crippen molar-refractivity contribution in [2.75, 3.05) is 66.4 Å². The quantitative estimate of drug-likeness (QED) is 0.0413. The van der Waals surface area contributed by atoms with E-state index in [9.17, 15) is 14.4 Å². The van der Waals surface area contributed by atoms with E-state index in [-0.39, 0.29) is 35.7 Å². The van der Waals surface area contributed by atoms with Crippen molar-refractivity contribution in [3.05, 3.63) is 102 Å². The van der Waals surface area contributed by atoms with E-state index in [1.54, 1.807) is 99.6 Å². The van der Waals surface area contributed by atoms with Crippen molar-refractivity contribution < 1.29 is 52.1 Å². The van der Waals surface area contributed by atoms with Crippen LogP contribution in [0.25, 0.3) is 22.5 Å². The van der Waals surface area contributed by atoms with E-state index in [0.29, 0.717) is 129 Å². The molecule has 4 aliphatic rings. The number of anilines is 3. The zero-order valence-corrected chi connectivity index (χ0v) is 53.5. The van der Waals surface area contributed by atoms with E-state index in [1.165, 1.54) is 14.0 Å². The van der Waals surface area contributed by atoms with Crippen LogP contribution in [0, 0.1) is 3.70 Å². The van der Waals surface area contributed by atoms with Gasteiger partial charge in [-0.2, -0.15) is 0 Å². The second-order valence-corrected chi connectivity index (χ2v) is 22.5. The van der Waals surface area contributed by atoms with Crippen molar-refractivity contribution >= 4 is 106 Å². The molecule has 7 heterocycles. The lowest BCUT2D eigenvalue weighted by Crippen LogP contribution is -2.41. The Kier molecular flexibility index (Phi) is 21.0. The molecular formula is C56H66BCl3IN13O11. The van der Waals surface area contributed by atoms with Crippen LogP contribution in [0.3, 0.4) is 0 Å². The summed E-state index contributed by atoms with van der Waals surface area (Å²) >= 11 is 21.4. The van der Waals surface area contributed by atoms with E-state index >= 15 is 0 Å². The zero-order valence-electron chi connectivity index (χ0n) is 49.0. The monoisotopic (exact) mass is 1340 g/mol. The molecule has 4 amide bonds. The fraction of sp³-hybridized carbons (Fsp3) is 0.375. The number of hydrogen-bond acceptors (Lipinski definition) is 20. The Bertz CT molecular complexity index is 3540. The first-order valence-corrected chi connectivity index (χ1v) is 28.3. The number of nitrogen functional groups attached to an aromatic ring is 3. The molecule has 4 aliphatic heterocycles. The number of benzene rings is 3. The Balaban J connectivity index is 0.000000166. The van der Waals surface area contributed by atoms with E-state index in [1.807, 2.05) is 27.7 Å². The van der Waals surface area contributed by atoms with Crippen molar-refractivity contribution in [1.82, 2.24) is 49.9 Å². The van der Waals surface area contributed by atoms with Crippen molar-refractivity contribution in [2.45, 2.75) is 92.0 Å². The number of rotatable bonds is 11. The van der Waals surface area contributed by atoms with Gasteiger partial charge in [-0.05, 0) is 68.5 Å². The highest BCUT2D eigenvalue weighted by atomic mass is 127. The summed E-state index contributed by atoms with van der Waals surface area (Å²) in [5.74, 6) is 3.89. The minimum Gasteiger partial charge on any atom is -0.497 e. The van der Waals surface area contributed by atoms with E-state index < -0.39 is 18.3 Å². The van der Waals surface area contributed by atoms with Gasteiger partial charge in [0.15, 0.2) is 0 Å². The number of halogens is 4. The van der Waals surface area contributed by atoms with Gasteiger partial charge in [0.2, 0.25) is 29.7 Å². The normalized spacial score (nSPS) is 14.7. The lowest BCUT2D eigenvalue weighted by Gasteiger charge is -2.32. The SMILES string of the molecule is C=CCNC(=O)N1Cc2nc(N)nc(-c3c(Cl)cc(OC)cc3OC)c2C1.CC(=O)N1Cc2nc(N)nc(I)c2C1.COc1cc(Cl)c(-c2nc(N)nc3c2CN(C(C)=O)C3)c(OC)c1.COc1cc(Cl)c(B2OC(C)(C)C(C)(C)O2)c(OC)c1. The van der Waals surface area contributed by atoms with Gasteiger partial charge in [-0.25, -0.2) is 34.7 Å². The van der Waals surface area contributed by atoms with Gasteiger partial charge in [0, 0.05) is 65.8 Å². The fourth-order valence-corrected chi connectivity index (χ4v) is 10.8.